The molecule has 9 heteroatoms. The Hall–Kier alpha value is -2.63. The molecule has 3 aromatic rings. The third-order valence-electron chi connectivity index (χ3n) is 5.16. The van der Waals surface area contributed by atoms with Crippen molar-refractivity contribution in [3.05, 3.63) is 93.8 Å². The molecule has 1 aliphatic rings. The van der Waals surface area contributed by atoms with Crippen molar-refractivity contribution in [3.8, 4) is 0 Å². The van der Waals surface area contributed by atoms with Gasteiger partial charge in [-0.25, -0.2) is 17.7 Å². The van der Waals surface area contributed by atoms with Crippen LogP contribution in [0.4, 0.5) is 10.1 Å². The van der Waals surface area contributed by atoms with E-state index in [2.05, 4.69) is 22.6 Å². The lowest BCUT2D eigenvalue weighted by atomic mass is 10.2. The average molecular weight is 564 g/mol. The third kappa shape index (κ3) is 4.45. The second kappa shape index (κ2) is 9.08. The summed E-state index contributed by atoms with van der Waals surface area (Å²) in [7, 11) is -4.20. The lowest BCUT2D eigenvalue weighted by Crippen LogP contribution is -2.45. The molecule has 1 heterocycles. The number of halogens is 2. The van der Waals surface area contributed by atoms with Crippen molar-refractivity contribution in [1.29, 1.82) is 0 Å². The van der Waals surface area contributed by atoms with Gasteiger partial charge in [-0.3, -0.25) is 9.59 Å². The molecule has 2 amide bonds. The molecule has 0 bridgehead atoms. The SMILES string of the molecule is O=C1CC(N(Cc2ccccc2)S(=O)(=O)c2ccc(F)cc2)C(=O)N1c1ccc(I)cc1. The van der Waals surface area contributed by atoms with Gasteiger partial charge in [0.25, 0.3) is 5.91 Å². The molecule has 32 heavy (non-hydrogen) atoms. The van der Waals surface area contributed by atoms with Gasteiger partial charge in [0.05, 0.1) is 17.0 Å². The van der Waals surface area contributed by atoms with E-state index in [1.54, 1.807) is 54.6 Å². The van der Waals surface area contributed by atoms with Gasteiger partial charge in [0.15, 0.2) is 0 Å². The molecule has 1 unspecified atom stereocenters. The van der Waals surface area contributed by atoms with Gasteiger partial charge >= 0.3 is 0 Å². The minimum atomic E-state index is -4.20. The molecule has 0 N–H and O–H groups in total. The molecule has 6 nitrogen and oxygen atoms in total. The van der Waals surface area contributed by atoms with E-state index >= 15 is 0 Å². The van der Waals surface area contributed by atoms with Crippen LogP contribution in [-0.4, -0.2) is 30.6 Å². The number of carbonyl (C=O) groups excluding carboxylic acids is 2. The standard InChI is InChI=1S/C23H18FIN2O4S/c24-17-6-12-20(13-7-17)32(30,31)26(15-16-4-2-1-3-5-16)21-14-22(28)27(23(21)29)19-10-8-18(25)9-11-19/h1-13,21H,14-15H2. The number of carbonyl (C=O) groups is 2. The first-order valence-corrected chi connectivity index (χ1v) is 12.2. The summed E-state index contributed by atoms with van der Waals surface area (Å²) in [5.41, 5.74) is 1.05. The van der Waals surface area contributed by atoms with E-state index in [1.165, 1.54) is 0 Å². The summed E-state index contributed by atoms with van der Waals surface area (Å²) in [6.07, 6.45) is -0.280. The lowest BCUT2D eigenvalue weighted by Gasteiger charge is -2.27. The normalized spacial score (nSPS) is 16.7. The van der Waals surface area contributed by atoms with Crippen molar-refractivity contribution in [2.75, 3.05) is 4.90 Å². The van der Waals surface area contributed by atoms with Crippen molar-refractivity contribution < 1.29 is 22.4 Å². The maximum atomic E-state index is 13.5. The predicted molar refractivity (Wildman–Crippen MR) is 126 cm³/mol. The highest BCUT2D eigenvalue weighted by Crippen LogP contribution is 2.31. The molecule has 1 aliphatic heterocycles. The van der Waals surface area contributed by atoms with Crippen LogP contribution in [0.1, 0.15) is 12.0 Å². The average Bonchev–Trinajstić information content (AvgIpc) is 3.07. The topological polar surface area (TPSA) is 74.8 Å². The van der Waals surface area contributed by atoms with Gasteiger partial charge in [-0.05, 0) is 76.7 Å². The van der Waals surface area contributed by atoms with E-state index in [9.17, 15) is 22.4 Å². The fraction of sp³-hybridized carbons (Fsp3) is 0.130. The smallest absolute Gasteiger partial charge is 0.252 e. The Morgan fingerprint density at radius 2 is 1.56 bits per heavy atom. The molecule has 1 fully saturated rings. The van der Waals surface area contributed by atoms with Crippen LogP contribution < -0.4 is 4.90 Å². The van der Waals surface area contributed by atoms with Crippen LogP contribution in [-0.2, 0) is 26.2 Å². The van der Waals surface area contributed by atoms with Gasteiger partial charge in [0.1, 0.15) is 11.9 Å². The first kappa shape index (κ1) is 22.6. The van der Waals surface area contributed by atoms with Gasteiger partial charge < -0.3 is 0 Å². The van der Waals surface area contributed by atoms with Crippen molar-refractivity contribution in [2.45, 2.75) is 23.9 Å². The largest absolute Gasteiger partial charge is 0.274 e. The Morgan fingerprint density at radius 3 is 2.19 bits per heavy atom. The Balaban J connectivity index is 1.74. The van der Waals surface area contributed by atoms with Crippen LogP contribution in [0.15, 0.2) is 83.8 Å². The number of hydrogen-bond donors (Lipinski definition) is 0. The molecule has 0 radical (unpaired) electrons. The molecule has 1 atom stereocenters. The number of hydrogen-bond acceptors (Lipinski definition) is 4. The molecule has 164 valence electrons. The molecular weight excluding hydrogens is 546 g/mol. The zero-order chi connectivity index (χ0) is 22.9. The Labute approximate surface area is 198 Å². The lowest BCUT2D eigenvalue weighted by molar-refractivity contribution is -0.122. The molecular formula is C23H18FIN2O4S. The summed E-state index contributed by atoms with van der Waals surface area (Å²) in [6.45, 7) is -0.106. The monoisotopic (exact) mass is 564 g/mol. The summed E-state index contributed by atoms with van der Waals surface area (Å²) in [5.74, 6) is -1.66. The number of rotatable bonds is 6. The van der Waals surface area contributed by atoms with Gasteiger partial charge in [0, 0.05) is 10.1 Å². The van der Waals surface area contributed by atoms with Crippen LogP contribution in [0.2, 0.25) is 0 Å². The fourth-order valence-electron chi connectivity index (χ4n) is 3.57. The molecule has 0 spiro atoms. The molecule has 0 aliphatic carbocycles. The van der Waals surface area contributed by atoms with Crippen LogP contribution in [0.25, 0.3) is 0 Å². The molecule has 3 aromatic carbocycles. The number of sulfonamides is 1. The Kier molecular flexibility index (Phi) is 6.40. The third-order valence-corrected chi connectivity index (χ3v) is 7.74. The summed E-state index contributed by atoms with van der Waals surface area (Å²) >= 11 is 2.11. The first-order valence-electron chi connectivity index (χ1n) is 9.71. The summed E-state index contributed by atoms with van der Waals surface area (Å²) in [4.78, 5) is 27.0. The number of amides is 2. The zero-order valence-corrected chi connectivity index (χ0v) is 19.7. The van der Waals surface area contributed by atoms with E-state index in [0.717, 1.165) is 37.0 Å². The van der Waals surface area contributed by atoms with E-state index in [1.807, 2.05) is 0 Å². The molecule has 1 saturated heterocycles. The molecule has 0 saturated carbocycles. The maximum Gasteiger partial charge on any atom is 0.252 e. The highest BCUT2D eigenvalue weighted by Gasteiger charge is 2.47. The zero-order valence-electron chi connectivity index (χ0n) is 16.7. The van der Waals surface area contributed by atoms with Crippen molar-refractivity contribution in [3.63, 3.8) is 0 Å². The number of imide groups is 1. The number of benzene rings is 3. The van der Waals surface area contributed by atoms with Crippen LogP contribution in [0, 0.1) is 9.39 Å². The Morgan fingerprint density at radius 1 is 0.938 bits per heavy atom. The fourth-order valence-corrected chi connectivity index (χ4v) is 5.50. The minimum Gasteiger partial charge on any atom is -0.274 e. The van der Waals surface area contributed by atoms with E-state index in [-0.39, 0.29) is 17.9 Å². The van der Waals surface area contributed by atoms with Gasteiger partial charge in [-0.15, -0.1) is 0 Å². The summed E-state index contributed by atoms with van der Waals surface area (Å²) in [5, 5.41) is 0. The quantitative estimate of drug-likeness (QED) is 0.336. The summed E-state index contributed by atoms with van der Waals surface area (Å²) in [6, 6.07) is 18.8. The van der Waals surface area contributed by atoms with Crippen molar-refractivity contribution in [1.82, 2.24) is 4.31 Å². The van der Waals surface area contributed by atoms with Crippen LogP contribution >= 0.6 is 22.6 Å². The van der Waals surface area contributed by atoms with Gasteiger partial charge in [-0.1, -0.05) is 30.3 Å². The number of nitrogens with zero attached hydrogens (tertiary/aromatic N) is 2. The minimum absolute atomic E-state index is 0.106. The second-order valence-electron chi connectivity index (χ2n) is 7.25. The van der Waals surface area contributed by atoms with E-state index in [4.69, 9.17) is 0 Å². The molecule has 4 rings (SSSR count). The first-order chi connectivity index (χ1) is 15.3. The maximum absolute atomic E-state index is 13.5. The summed E-state index contributed by atoms with van der Waals surface area (Å²) < 4.78 is 42.3. The van der Waals surface area contributed by atoms with Crippen molar-refractivity contribution in [2.24, 2.45) is 0 Å². The van der Waals surface area contributed by atoms with Crippen molar-refractivity contribution >= 4 is 50.1 Å². The van der Waals surface area contributed by atoms with E-state index in [0.29, 0.717) is 11.3 Å². The Bertz CT molecular complexity index is 1250. The number of anilines is 1. The second-order valence-corrected chi connectivity index (χ2v) is 10.4. The highest BCUT2D eigenvalue weighted by atomic mass is 127. The van der Waals surface area contributed by atoms with Crippen LogP contribution in [0.3, 0.4) is 0 Å². The highest BCUT2D eigenvalue weighted by molar-refractivity contribution is 14.1. The van der Waals surface area contributed by atoms with E-state index < -0.39 is 33.7 Å². The van der Waals surface area contributed by atoms with Crippen LogP contribution in [0.5, 0.6) is 0 Å². The molecule has 0 aromatic heterocycles. The van der Waals surface area contributed by atoms with Gasteiger partial charge in [-0.2, -0.15) is 4.31 Å². The van der Waals surface area contributed by atoms with Gasteiger partial charge in [0.2, 0.25) is 15.9 Å². The predicted octanol–water partition coefficient (Wildman–Crippen LogP) is 3.95.